The van der Waals surface area contributed by atoms with Crippen LogP contribution < -0.4 is 0 Å². The Balaban J connectivity index is 2.46. The van der Waals surface area contributed by atoms with Crippen molar-refractivity contribution in [1.29, 1.82) is 0 Å². The van der Waals surface area contributed by atoms with E-state index in [-0.39, 0.29) is 0 Å². The van der Waals surface area contributed by atoms with Crippen LogP contribution in [-0.2, 0) is 0 Å². The zero-order valence-corrected chi connectivity index (χ0v) is 7.59. The van der Waals surface area contributed by atoms with Crippen LogP contribution >= 0.6 is 0 Å². The van der Waals surface area contributed by atoms with Crippen LogP contribution in [0.25, 0.3) is 0 Å². The smallest absolute Gasteiger partial charge is 0.00122 e. The van der Waals surface area contributed by atoms with E-state index >= 15 is 0 Å². The second-order valence-corrected chi connectivity index (χ2v) is 4.11. The molecule has 10 heavy (non-hydrogen) atoms. The molecule has 1 heterocycles. The number of hydrogen-bond donors (Lipinski definition) is 0. The van der Waals surface area contributed by atoms with Gasteiger partial charge in [-0.05, 0) is 24.8 Å². The minimum atomic E-state index is 0.861. The van der Waals surface area contributed by atoms with E-state index < -0.39 is 0 Å². The first kappa shape index (κ1) is 8.06. The zero-order valence-electron chi connectivity index (χ0n) is 7.59. The molecule has 0 radical (unpaired) electrons. The molecule has 0 aromatic carbocycles. The van der Waals surface area contributed by atoms with Gasteiger partial charge in [-0.25, -0.2) is 0 Å². The van der Waals surface area contributed by atoms with Gasteiger partial charge in [0.05, 0.1) is 0 Å². The van der Waals surface area contributed by atoms with Gasteiger partial charge in [-0.3, -0.25) is 0 Å². The first-order valence-corrected chi connectivity index (χ1v) is 4.29. The van der Waals surface area contributed by atoms with E-state index in [0.29, 0.717) is 0 Å². The lowest BCUT2D eigenvalue weighted by Gasteiger charge is -2.17. The Kier molecular flexibility index (Phi) is 2.35. The summed E-state index contributed by atoms with van der Waals surface area (Å²) in [7, 11) is 2.22. The van der Waals surface area contributed by atoms with E-state index in [2.05, 4.69) is 32.7 Å². The quantitative estimate of drug-likeness (QED) is 0.538. The molecular formula is C9H19N. The highest BCUT2D eigenvalue weighted by molar-refractivity contribution is 4.80. The fourth-order valence-electron chi connectivity index (χ4n) is 2.11. The van der Waals surface area contributed by atoms with Crippen LogP contribution in [0.1, 0.15) is 20.8 Å². The van der Waals surface area contributed by atoms with Gasteiger partial charge in [0.2, 0.25) is 0 Å². The van der Waals surface area contributed by atoms with Crippen molar-refractivity contribution in [2.75, 3.05) is 20.1 Å². The molecule has 1 fully saturated rings. The lowest BCUT2D eigenvalue weighted by molar-refractivity contribution is 0.327. The molecule has 0 aromatic heterocycles. The van der Waals surface area contributed by atoms with Crippen molar-refractivity contribution >= 4 is 0 Å². The van der Waals surface area contributed by atoms with E-state index in [9.17, 15) is 0 Å². The van der Waals surface area contributed by atoms with Gasteiger partial charge in [0.15, 0.2) is 0 Å². The average Bonchev–Trinajstić information content (AvgIpc) is 2.10. The van der Waals surface area contributed by atoms with E-state index in [4.69, 9.17) is 0 Å². The van der Waals surface area contributed by atoms with Crippen molar-refractivity contribution in [2.45, 2.75) is 20.8 Å². The Labute approximate surface area is 64.4 Å². The third-order valence-corrected chi connectivity index (χ3v) is 2.71. The molecule has 1 aliphatic rings. The molecule has 0 aliphatic carbocycles. The topological polar surface area (TPSA) is 3.24 Å². The SMILES string of the molecule is CC(C)[C@H]1CN(C)C[C@@H]1C. The van der Waals surface area contributed by atoms with Gasteiger partial charge in [0.1, 0.15) is 0 Å². The van der Waals surface area contributed by atoms with Crippen molar-refractivity contribution < 1.29 is 0 Å². The standard InChI is InChI=1S/C9H19N/c1-7(2)9-6-10(4)5-8(9)3/h7-9H,5-6H2,1-4H3/t8-,9+/m0/s1. The second kappa shape index (κ2) is 2.91. The van der Waals surface area contributed by atoms with Crippen molar-refractivity contribution in [2.24, 2.45) is 17.8 Å². The Bertz CT molecular complexity index is 109. The number of likely N-dealkylation sites (tertiary alicyclic amines) is 1. The molecule has 1 heteroatoms. The summed E-state index contributed by atoms with van der Waals surface area (Å²) in [5.41, 5.74) is 0. The Hall–Kier alpha value is -0.0400. The minimum Gasteiger partial charge on any atom is -0.306 e. The number of nitrogens with zero attached hydrogens (tertiary/aromatic N) is 1. The first-order chi connectivity index (χ1) is 4.61. The highest BCUT2D eigenvalue weighted by Crippen LogP contribution is 2.27. The van der Waals surface area contributed by atoms with Crippen molar-refractivity contribution in [1.82, 2.24) is 4.90 Å². The number of rotatable bonds is 1. The van der Waals surface area contributed by atoms with Gasteiger partial charge in [-0.2, -0.15) is 0 Å². The fourth-order valence-corrected chi connectivity index (χ4v) is 2.11. The van der Waals surface area contributed by atoms with Crippen LogP contribution in [0.4, 0.5) is 0 Å². The van der Waals surface area contributed by atoms with E-state index in [1.165, 1.54) is 13.1 Å². The maximum absolute atomic E-state index is 2.44. The summed E-state index contributed by atoms with van der Waals surface area (Å²) in [5.74, 6) is 2.70. The fraction of sp³-hybridized carbons (Fsp3) is 1.00. The van der Waals surface area contributed by atoms with E-state index in [1.807, 2.05) is 0 Å². The molecule has 1 aliphatic heterocycles. The molecular weight excluding hydrogens is 122 g/mol. The lowest BCUT2D eigenvalue weighted by atomic mass is 9.88. The highest BCUT2D eigenvalue weighted by atomic mass is 15.1. The normalized spacial score (nSPS) is 35.7. The Morgan fingerprint density at radius 1 is 1.30 bits per heavy atom. The van der Waals surface area contributed by atoms with Crippen molar-refractivity contribution in [3.8, 4) is 0 Å². The predicted octanol–water partition coefficient (Wildman–Crippen LogP) is 1.84. The Morgan fingerprint density at radius 2 is 1.90 bits per heavy atom. The second-order valence-electron chi connectivity index (χ2n) is 4.11. The molecule has 2 atom stereocenters. The largest absolute Gasteiger partial charge is 0.306 e. The van der Waals surface area contributed by atoms with Crippen LogP contribution in [-0.4, -0.2) is 25.0 Å². The van der Waals surface area contributed by atoms with Crippen LogP contribution in [0, 0.1) is 17.8 Å². The molecule has 0 aromatic rings. The lowest BCUT2D eigenvalue weighted by Crippen LogP contribution is -2.17. The highest BCUT2D eigenvalue weighted by Gasteiger charge is 2.28. The molecule has 60 valence electrons. The van der Waals surface area contributed by atoms with Crippen LogP contribution in [0.5, 0.6) is 0 Å². The molecule has 0 unspecified atom stereocenters. The van der Waals surface area contributed by atoms with Gasteiger partial charge in [-0.1, -0.05) is 20.8 Å². The summed E-state index contributed by atoms with van der Waals surface area (Å²) >= 11 is 0. The van der Waals surface area contributed by atoms with Gasteiger partial charge < -0.3 is 4.90 Å². The third kappa shape index (κ3) is 1.51. The summed E-state index contributed by atoms with van der Waals surface area (Å²) in [6.45, 7) is 9.64. The summed E-state index contributed by atoms with van der Waals surface area (Å²) < 4.78 is 0. The summed E-state index contributed by atoms with van der Waals surface area (Å²) in [5, 5.41) is 0. The maximum Gasteiger partial charge on any atom is 0.00122 e. The zero-order chi connectivity index (χ0) is 7.72. The molecule has 0 bridgehead atoms. The molecule has 1 saturated heterocycles. The van der Waals surface area contributed by atoms with E-state index in [0.717, 1.165) is 17.8 Å². The van der Waals surface area contributed by atoms with Crippen LogP contribution in [0.3, 0.4) is 0 Å². The molecule has 1 rings (SSSR count). The molecule has 0 N–H and O–H groups in total. The Morgan fingerprint density at radius 3 is 2.10 bits per heavy atom. The summed E-state index contributed by atoms with van der Waals surface area (Å²) in [6, 6.07) is 0. The van der Waals surface area contributed by atoms with Crippen LogP contribution in [0.2, 0.25) is 0 Å². The minimum absolute atomic E-state index is 0.861. The first-order valence-electron chi connectivity index (χ1n) is 4.29. The molecule has 0 amide bonds. The van der Waals surface area contributed by atoms with Crippen molar-refractivity contribution in [3.63, 3.8) is 0 Å². The predicted molar refractivity (Wildman–Crippen MR) is 45.0 cm³/mol. The maximum atomic E-state index is 2.44. The molecule has 0 spiro atoms. The molecule has 1 nitrogen and oxygen atoms in total. The van der Waals surface area contributed by atoms with Gasteiger partial charge in [0.25, 0.3) is 0 Å². The third-order valence-electron chi connectivity index (χ3n) is 2.71. The summed E-state index contributed by atoms with van der Waals surface area (Å²) in [4.78, 5) is 2.44. The monoisotopic (exact) mass is 141 g/mol. The van der Waals surface area contributed by atoms with Gasteiger partial charge in [-0.15, -0.1) is 0 Å². The summed E-state index contributed by atoms with van der Waals surface area (Å²) in [6.07, 6.45) is 0. The van der Waals surface area contributed by atoms with Gasteiger partial charge in [0, 0.05) is 13.1 Å². The van der Waals surface area contributed by atoms with E-state index in [1.54, 1.807) is 0 Å². The number of hydrogen-bond acceptors (Lipinski definition) is 1. The molecule has 0 saturated carbocycles. The van der Waals surface area contributed by atoms with Crippen LogP contribution in [0.15, 0.2) is 0 Å². The average molecular weight is 141 g/mol. The van der Waals surface area contributed by atoms with Gasteiger partial charge >= 0.3 is 0 Å². The van der Waals surface area contributed by atoms with Crippen molar-refractivity contribution in [3.05, 3.63) is 0 Å².